The summed E-state index contributed by atoms with van der Waals surface area (Å²) in [5.41, 5.74) is 7.23. The molecule has 1 fully saturated rings. The molecule has 0 saturated carbocycles. The van der Waals surface area contributed by atoms with Crippen LogP contribution in [0.1, 0.15) is 24.4 Å². The second-order valence-corrected chi connectivity index (χ2v) is 6.94. The monoisotopic (exact) mass is 359 g/mol. The Labute approximate surface area is 135 Å². The highest BCUT2D eigenvalue weighted by atomic mass is 79.9. The van der Waals surface area contributed by atoms with Gasteiger partial charge in [0.05, 0.1) is 0 Å². The Balaban J connectivity index is 2.11. The summed E-state index contributed by atoms with van der Waals surface area (Å²) in [5, 5.41) is 0.768. The molecule has 0 bridgehead atoms. The van der Waals surface area contributed by atoms with Crippen LogP contribution in [0, 0.1) is 0 Å². The molecule has 0 spiro atoms. The first-order chi connectivity index (χ1) is 9.52. The van der Waals surface area contributed by atoms with E-state index in [9.17, 15) is 0 Å². The van der Waals surface area contributed by atoms with Crippen LogP contribution in [-0.4, -0.2) is 49.6 Å². The van der Waals surface area contributed by atoms with Crippen molar-refractivity contribution in [1.82, 2.24) is 9.80 Å². The molecular formula is C15H23BrClN3. The Morgan fingerprint density at radius 2 is 2.05 bits per heavy atom. The third-order valence-corrected chi connectivity index (χ3v) is 5.17. The third-order valence-electron chi connectivity index (χ3n) is 4.21. The highest BCUT2D eigenvalue weighted by Crippen LogP contribution is 2.31. The molecule has 1 aliphatic rings. The van der Waals surface area contributed by atoms with E-state index in [0.717, 1.165) is 22.6 Å². The Bertz CT molecular complexity index is 445. The summed E-state index contributed by atoms with van der Waals surface area (Å²) in [6.07, 6.45) is 2.39. The normalized spacial score (nSPS) is 19.5. The number of hydrogen-bond acceptors (Lipinski definition) is 3. The van der Waals surface area contributed by atoms with E-state index in [1.807, 2.05) is 18.2 Å². The Hall–Kier alpha value is -0.130. The zero-order valence-electron chi connectivity index (χ0n) is 12.1. The van der Waals surface area contributed by atoms with Crippen LogP contribution in [0.5, 0.6) is 0 Å². The second-order valence-electron chi connectivity index (χ2n) is 5.65. The van der Waals surface area contributed by atoms with Gasteiger partial charge in [-0.05, 0) is 50.7 Å². The van der Waals surface area contributed by atoms with Crippen molar-refractivity contribution in [3.63, 3.8) is 0 Å². The third kappa shape index (κ3) is 3.74. The average molecular weight is 361 g/mol. The molecule has 5 heteroatoms. The minimum atomic E-state index is 0.242. The lowest BCUT2D eigenvalue weighted by molar-refractivity contribution is 0.110. The fraction of sp³-hybridized carbons (Fsp3) is 0.600. The van der Waals surface area contributed by atoms with Gasteiger partial charge in [-0.25, -0.2) is 0 Å². The molecule has 0 aromatic heterocycles. The van der Waals surface area contributed by atoms with Gasteiger partial charge in [-0.3, -0.25) is 4.90 Å². The van der Waals surface area contributed by atoms with E-state index in [2.05, 4.69) is 39.8 Å². The molecule has 3 nitrogen and oxygen atoms in total. The van der Waals surface area contributed by atoms with Gasteiger partial charge in [0.2, 0.25) is 0 Å². The van der Waals surface area contributed by atoms with Crippen LogP contribution in [0.4, 0.5) is 0 Å². The number of nitrogens with zero attached hydrogens (tertiary/aromatic N) is 2. The van der Waals surface area contributed by atoms with Gasteiger partial charge < -0.3 is 10.6 Å². The SMILES string of the molecule is CN(C)C1CCN(C(CN)c2cc(Cl)ccc2Br)CC1. The van der Waals surface area contributed by atoms with Crippen molar-refractivity contribution < 1.29 is 0 Å². The maximum Gasteiger partial charge on any atom is 0.0482 e. The van der Waals surface area contributed by atoms with Gasteiger partial charge >= 0.3 is 0 Å². The summed E-state index contributed by atoms with van der Waals surface area (Å²) < 4.78 is 1.09. The zero-order valence-corrected chi connectivity index (χ0v) is 14.5. The highest BCUT2D eigenvalue weighted by molar-refractivity contribution is 9.10. The fourth-order valence-corrected chi connectivity index (χ4v) is 3.65. The lowest BCUT2D eigenvalue weighted by atomic mass is 9.98. The van der Waals surface area contributed by atoms with Gasteiger partial charge in [-0.1, -0.05) is 27.5 Å². The molecule has 20 heavy (non-hydrogen) atoms. The predicted molar refractivity (Wildman–Crippen MR) is 89.2 cm³/mol. The Kier molecular flexibility index (Phi) is 5.87. The first-order valence-electron chi connectivity index (χ1n) is 7.08. The molecule has 0 radical (unpaired) electrons. The number of benzene rings is 1. The number of halogens is 2. The first-order valence-corrected chi connectivity index (χ1v) is 8.25. The lowest BCUT2D eigenvalue weighted by Crippen LogP contribution is -2.45. The quantitative estimate of drug-likeness (QED) is 0.895. The van der Waals surface area contributed by atoms with Crippen LogP contribution >= 0.6 is 27.5 Å². The van der Waals surface area contributed by atoms with Crippen molar-refractivity contribution in [3.8, 4) is 0 Å². The van der Waals surface area contributed by atoms with E-state index in [-0.39, 0.29) is 6.04 Å². The van der Waals surface area contributed by atoms with Crippen molar-refractivity contribution in [3.05, 3.63) is 33.3 Å². The van der Waals surface area contributed by atoms with Crippen LogP contribution < -0.4 is 5.73 Å². The number of likely N-dealkylation sites (tertiary alicyclic amines) is 1. The van der Waals surface area contributed by atoms with Crippen LogP contribution in [0.3, 0.4) is 0 Å². The van der Waals surface area contributed by atoms with Crippen molar-refractivity contribution >= 4 is 27.5 Å². The Morgan fingerprint density at radius 3 is 2.60 bits per heavy atom. The molecule has 0 amide bonds. The summed E-state index contributed by atoms with van der Waals surface area (Å²) in [7, 11) is 4.32. The van der Waals surface area contributed by atoms with E-state index < -0.39 is 0 Å². The van der Waals surface area contributed by atoms with Gasteiger partial charge in [-0.15, -0.1) is 0 Å². The van der Waals surface area contributed by atoms with Crippen LogP contribution in [0.25, 0.3) is 0 Å². The molecular weight excluding hydrogens is 338 g/mol. The highest BCUT2D eigenvalue weighted by Gasteiger charge is 2.27. The van der Waals surface area contributed by atoms with Gasteiger partial charge in [0.25, 0.3) is 0 Å². The molecule has 2 rings (SSSR count). The minimum absolute atomic E-state index is 0.242. The molecule has 1 saturated heterocycles. The van der Waals surface area contributed by atoms with Crippen LogP contribution in [0.2, 0.25) is 5.02 Å². The van der Waals surface area contributed by atoms with Crippen molar-refractivity contribution in [2.75, 3.05) is 33.7 Å². The average Bonchev–Trinajstić information content (AvgIpc) is 2.44. The second kappa shape index (κ2) is 7.23. The molecule has 2 N–H and O–H groups in total. The largest absolute Gasteiger partial charge is 0.329 e. The summed E-state index contributed by atoms with van der Waals surface area (Å²) in [5.74, 6) is 0. The number of piperidine rings is 1. The fourth-order valence-electron chi connectivity index (χ4n) is 2.96. The summed E-state index contributed by atoms with van der Waals surface area (Å²) in [4.78, 5) is 4.81. The van der Waals surface area contributed by atoms with Crippen molar-refractivity contribution in [2.45, 2.75) is 24.9 Å². The maximum atomic E-state index is 6.13. The molecule has 1 heterocycles. The molecule has 1 unspecified atom stereocenters. The Morgan fingerprint density at radius 1 is 1.40 bits per heavy atom. The molecule has 1 atom stereocenters. The number of rotatable bonds is 4. The number of nitrogens with two attached hydrogens (primary N) is 1. The van der Waals surface area contributed by atoms with Crippen molar-refractivity contribution in [1.29, 1.82) is 0 Å². The molecule has 1 aromatic carbocycles. The smallest absolute Gasteiger partial charge is 0.0482 e. The van der Waals surface area contributed by atoms with E-state index in [0.29, 0.717) is 12.6 Å². The molecule has 112 valence electrons. The van der Waals surface area contributed by atoms with Gasteiger partial charge in [0.1, 0.15) is 0 Å². The van der Waals surface area contributed by atoms with Crippen LogP contribution in [0.15, 0.2) is 22.7 Å². The topological polar surface area (TPSA) is 32.5 Å². The molecule has 0 aliphatic carbocycles. The van der Waals surface area contributed by atoms with E-state index >= 15 is 0 Å². The lowest BCUT2D eigenvalue weighted by Gasteiger charge is -2.39. The predicted octanol–water partition coefficient (Wildman–Crippen LogP) is 3.13. The van der Waals surface area contributed by atoms with Crippen LogP contribution in [-0.2, 0) is 0 Å². The molecule has 1 aliphatic heterocycles. The van der Waals surface area contributed by atoms with Crippen molar-refractivity contribution in [2.24, 2.45) is 5.73 Å². The van der Waals surface area contributed by atoms with Gasteiger partial charge in [-0.2, -0.15) is 0 Å². The first kappa shape index (κ1) is 16.2. The zero-order chi connectivity index (χ0) is 14.7. The summed E-state index contributed by atoms with van der Waals surface area (Å²) >= 11 is 9.76. The van der Waals surface area contributed by atoms with E-state index in [1.54, 1.807) is 0 Å². The van der Waals surface area contributed by atoms with E-state index in [4.69, 9.17) is 17.3 Å². The van der Waals surface area contributed by atoms with Gasteiger partial charge in [0, 0.05) is 41.2 Å². The van der Waals surface area contributed by atoms with E-state index in [1.165, 1.54) is 18.4 Å². The maximum absolute atomic E-state index is 6.13. The number of hydrogen-bond donors (Lipinski definition) is 1. The standard InChI is InChI=1S/C15H23BrClN3/c1-19(2)12-5-7-20(8-6-12)15(10-18)13-9-11(17)3-4-14(13)16/h3-4,9,12,15H,5-8,10,18H2,1-2H3. The minimum Gasteiger partial charge on any atom is -0.329 e. The summed E-state index contributed by atoms with van der Waals surface area (Å²) in [6.45, 7) is 2.79. The summed E-state index contributed by atoms with van der Waals surface area (Å²) in [6, 6.07) is 6.87. The van der Waals surface area contributed by atoms with Gasteiger partial charge in [0.15, 0.2) is 0 Å². The molecule has 1 aromatic rings.